The minimum absolute atomic E-state index is 0.0296. The summed E-state index contributed by atoms with van der Waals surface area (Å²) in [6.07, 6.45) is 7.07. The maximum Gasteiger partial charge on any atom is 0.0426 e. The highest BCUT2D eigenvalue weighted by molar-refractivity contribution is 5.29. The molecule has 0 amide bonds. The molecule has 2 heteroatoms. The van der Waals surface area contributed by atoms with E-state index in [1.807, 2.05) is 12.4 Å². The third-order valence-electron chi connectivity index (χ3n) is 2.57. The van der Waals surface area contributed by atoms with Crippen LogP contribution in [-0.2, 0) is 12.0 Å². The van der Waals surface area contributed by atoms with Crippen molar-refractivity contribution in [1.82, 2.24) is 4.98 Å². The molecule has 0 spiro atoms. The Labute approximate surface area is 72.8 Å². The number of pyridine rings is 1. The number of aryl methyl sites for hydroxylation is 1. The lowest BCUT2D eigenvalue weighted by atomic mass is 10.1. The van der Waals surface area contributed by atoms with Crippen LogP contribution in [0.15, 0.2) is 18.5 Å². The van der Waals surface area contributed by atoms with Crippen LogP contribution >= 0.6 is 0 Å². The SMILES string of the molecule is CCc1cncc(C2(N)CC2)c1. The lowest BCUT2D eigenvalue weighted by Gasteiger charge is -2.08. The first-order valence-electron chi connectivity index (χ1n) is 4.48. The highest BCUT2D eigenvalue weighted by atomic mass is 14.8. The fraction of sp³-hybridized carbons (Fsp3) is 0.500. The highest BCUT2D eigenvalue weighted by Gasteiger charge is 2.40. The number of nitrogens with two attached hydrogens (primary N) is 1. The van der Waals surface area contributed by atoms with Crippen LogP contribution in [0.25, 0.3) is 0 Å². The predicted octanol–water partition coefficient (Wildman–Crippen LogP) is 1.59. The zero-order valence-electron chi connectivity index (χ0n) is 7.38. The van der Waals surface area contributed by atoms with Crippen molar-refractivity contribution in [3.8, 4) is 0 Å². The third kappa shape index (κ3) is 1.23. The molecule has 2 rings (SSSR count). The summed E-state index contributed by atoms with van der Waals surface area (Å²) in [6, 6.07) is 2.18. The van der Waals surface area contributed by atoms with E-state index in [0.717, 1.165) is 19.3 Å². The standard InChI is InChI=1S/C10H14N2/c1-2-8-5-9(7-12-6-8)10(11)3-4-10/h5-7H,2-4,11H2,1H3. The van der Waals surface area contributed by atoms with Gasteiger partial charge in [0.1, 0.15) is 0 Å². The molecule has 64 valence electrons. The molecule has 1 heterocycles. The van der Waals surface area contributed by atoms with Gasteiger partial charge in [-0.05, 0) is 30.4 Å². The molecule has 1 saturated carbocycles. The third-order valence-corrected chi connectivity index (χ3v) is 2.57. The van der Waals surface area contributed by atoms with Crippen LogP contribution in [0.5, 0.6) is 0 Å². The molecule has 0 radical (unpaired) electrons. The molecule has 1 aromatic heterocycles. The van der Waals surface area contributed by atoms with Gasteiger partial charge in [0.25, 0.3) is 0 Å². The van der Waals surface area contributed by atoms with Crippen LogP contribution in [0.4, 0.5) is 0 Å². The molecule has 12 heavy (non-hydrogen) atoms. The van der Waals surface area contributed by atoms with E-state index in [1.54, 1.807) is 0 Å². The van der Waals surface area contributed by atoms with Gasteiger partial charge in [-0.2, -0.15) is 0 Å². The zero-order valence-corrected chi connectivity index (χ0v) is 7.38. The van der Waals surface area contributed by atoms with Crippen LogP contribution in [0.1, 0.15) is 30.9 Å². The van der Waals surface area contributed by atoms with Gasteiger partial charge in [-0.1, -0.05) is 13.0 Å². The topological polar surface area (TPSA) is 38.9 Å². The lowest BCUT2D eigenvalue weighted by Crippen LogP contribution is -2.19. The van der Waals surface area contributed by atoms with Gasteiger partial charge in [-0.15, -0.1) is 0 Å². The van der Waals surface area contributed by atoms with E-state index < -0.39 is 0 Å². The molecule has 0 unspecified atom stereocenters. The maximum absolute atomic E-state index is 6.05. The summed E-state index contributed by atoms with van der Waals surface area (Å²) < 4.78 is 0. The minimum Gasteiger partial charge on any atom is -0.321 e. The first kappa shape index (κ1) is 7.74. The summed E-state index contributed by atoms with van der Waals surface area (Å²) in [7, 11) is 0. The minimum atomic E-state index is -0.0296. The van der Waals surface area contributed by atoms with Gasteiger partial charge in [0.2, 0.25) is 0 Å². The quantitative estimate of drug-likeness (QED) is 0.717. The Balaban J connectivity index is 2.32. The summed E-state index contributed by atoms with van der Waals surface area (Å²) in [4.78, 5) is 4.18. The average molecular weight is 162 g/mol. The molecule has 1 aliphatic rings. The van der Waals surface area contributed by atoms with Crippen LogP contribution in [0.2, 0.25) is 0 Å². The highest BCUT2D eigenvalue weighted by Crippen LogP contribution is 2.42. The van der Waals surface area contributed by atoms with Gasteiger partial charge in [-0.25, -0.2) is 0 Å². The van der Waals surface area contributed by atoms with Crippen molar-refractivity contribution in [2.24, 2.45) is 5.73 Å². The predicted molar refractivity (Wildman–Crippen MR) is 48.7 cm³/mol. The van der Waals surface area contributed by atoms with Gasteiger partial charge in [-0.3, -0.25) is 4.98 Å². The molecule has 0 saturated heterocycles. The van der Waals surface area contributed by atoms with Gasteiger partial charge in [0.15, 0.2) is 0 Å². The van der Waals surface area contributed by atoms with Gasteiger partial charge in [0, 0.05) is 17.9 Å². The monoisotopic (exact) mass is 162 g/mol. The number of rotatable bonds is 2. The summed E-state index contributed by atoms with van der Waals surface area (Å²) in [6.45, 7) is 2.14. The number of nitrogens with zero attached hydrogens (tertiary/aromatic N) is 1. The van der Waals surface area contributed by atoms with Crippen molar-refractivity contribution in [2.75, 3.05) is 0 Å². The van der Waals surface area contributed by atoms with Crippen molar-refractivity contribution in [3.05, 3.63) is 29.6 Å². The van der Waals surface area contributed by atoms with E-state index in [4.69, 9.17) is 5.73 Å². The van der Waals surface area contributed by atoms with E-state index in [9.17, 15) is 0 Å². The van der Waals surface area contributed by atoms with Crippen molar-refractivity contribution >= 4 is 0 Å². The van der Waals surface area contributed by atoms with Crippen LogP contribution < -0.4 is 5.73 Å². The van der Waals surface area contributed by atoms with E-state index >= 15 is 0 Å². The van der Waals surface area contributed by atoms with Gasteiger partial charge >= 0.3 is 0 Å². The molecule has 2 nitrogen and oxygen atoms in total. The molecule has 0 bridgehead atoms. The van der Waals surface area contributed by atoms with Crippen LogP contribution in [0.3, 0.4) is 0 Å². The molecule has 2 N–H and O–H groups in total. The van der Waals surface area contributed by atoms with Crippen LogP contribution in [0, 0.1) is 0 Å². The Bertz CT molecular complexity index is 290. The normalized spacial score (nSPS) is 19.2. The second-order valence-corrected chi connectivity index (χ2v) is 3.59. The van der Waals surface area contributed by atoms with Crippen molar-refractivity contribution < 1.29 is 0 Å². The first-order chi connectivity index (χ1) is 5.74. The Kier molecular flexibility index (Phi) is 1.65. The van der Waals surface area contributed by atoms with Crippen LogP contribution in [-0.4, -0.2) is 4.98 Å². The molecule has 1 aromatic rings. The van der Waals surface area contributed by atoms with Crippen molar-refractivity contribution in [1.29, 1.82) is 0 Å². The first-order valence-corrected chi connectivity index (χ1v) is 4.48. The second kappa shape index (κ2) is 2.56. The van der Waals surface area contributed by atoms with E-state index in [0.29, 0.717) is 0 Å². The van der Waals surface area contributed by atoms with Gasteiger partial charge < -0.3 is 5.73 Å². The Hall–Kier alpha value is -0.890. The Morgan fingerprint density at radius 1 is 1.50 bits per heavy atom. The van der Waals surface area contributed by atoms with Crippen molar-refractivity contribution in [3.63, 3.8) is 0 Å². The van der Waals surface area contributed by atoms with E-state index in [-0.39, 0.29) is 5.54 Å². The smallest absolute Gasteiger partial charge is 0.0426 e. The fourth-order valence-electron chi connectivity index (χ4n) is 1.38. The Morgan fingerprint density at radius 3 is 2.83 bits per heavy atom. The second-order valence-electron chi connectivity index (χ2n) is 3.59. The summed E-state index contributed by atoms with van der Waals surface area (Å²) in [5.74, 6) is 0. The molecule has 1 aliphatic carbocycles. The molecular weight excluding hydrogens is 148 g/mol. The summed E-state index contributed by atoms with van der Waals surface area (Å²) in [5, 5.41) is 0. The van der Waals surface area contributed by atoms with Crippen molar-refractivity contribution in [2.45, 2.75) is 31.7 Å². The van der Waals surface area contributed by atoms with E-state index in [2.05, 4.69) is 18.0 Å². The molecule has 0 atom stereocenters. The largest absolute Gasteiger partial charge is 0.321 e. The fourth-order valence-corrected chi connectivity index (χ4v) is 1.38. The Morgan fingerprint density at radius 2 is 2.25 bits per heavy atom. The van der Waals surface area contributed by atoms with Gasteiger partial charge in [0.05, 0.1) is 0 Å². The molecule has 0 aromatic carbocycles. The average Bonchev–Trinajstić information content (AvgIpc) is 2.85. The van der Waals surface area contributed by atoms with E-state index in [1.165, 1.54) is 11.1 Å². The summed E-state index contributed by atoms with van der Waals surface area (Å²) >= 11 is 0. The number of hydrogen-bond acceptors (Lipinski definition) is 2. The molecule has 1 fully saturated rings. The lowest BCUT2D eigenvalue weighted by molar-refractivity contribution is 0.732. The zero-order chi connectivity index (χ0) is 8.60. The number of hydrogen-bond donors (Lipinski definition) is 1. The number of aromatic nitrogens is 1. The maximum atomic E-state index is 6.05. The molecule has 0 aliphatic heterocycles. The molecular formula is C10H14N2. The summed E-state index contributed by atoms with van der Waals surface area (Å²) in [5.41, 5.74) is 8.51.